The van der Waals surface area contributed by atoms with E-state index in [1.807, 2.05) is 18.2 Å². The van der Waals surface area contributed by atoms with E-state index in [0.29, 0.717) is 22.3 Å². The first kappa shape index (κ1) is 19.8. The molecule has 28 heavy (non-hydrogen) atoms. The van der Waals surface area contributed by atoms with Gasteiger partial charge in [0.25, 0.3) is 0 Å². The number of carbonyl (C=O) groups excluding carboxylic acids is 1. The fourth-order valence-corrected chi connectivity index (χ4v) is 2.97. The Morgan fingerprint density at radius 1 is 1.18 bits per heavy atom. The molecule has 3 rings (SSSR count). The van der Waals surface area contributed by atoms with Gasteiger partial charge in [-0.25, -0.2) is 0 Å². The lowest BCUT2D eigenvalue weighted by atomic mass is 10.2. The number of halogens is 2. The van der Waals surface area contributed by atoms with Crippen molar-refractivity contribution in [1.29, 1.82) is 0 Å². The molecule has 1 N–H and O–H groups in total. The van der Waals surface area contributed by atoms with Crippen LogP contribution in [0.2, 0.25) is 10.0 Å². The number of amides is 1. The molecule has 3 aromatic rings. The van der Waals surface area contributed by atoms with Crippen molar-refractivity contribution in [3.05, 3.63) is 68.1 Å². The van der Waals surface area contributed by atoms with Crippen molar-refractivity contribution in [1.82, 2.24) is 19.6 Å². The molecule has 0 radical (unpaired) electrons. The smallest absolute Gasteiger partial charge is 0.308 e. The normalized spacial score (nSPS) is 10.8. The van der Waals surface area contributed by atoms with Crippen LogP contribution in [0, 0.1) is 17.0 Å². The lowest BCUT2D eigenvalue weighted by Gasteiger charge is -2.04. The number of nitrogens with one attached hydrogen (secondary N) is 1. The average Bonchev–Trinajstić information content (AvgIpc) is 3.18. The summed E-state index contributed by atoms with van der Waals surface area (Å²) in [5, 5.41) is 22.7. The Morgan fingerprint density at radius 3 is 2.61 bits per heavy atom. The second kappa shape index (κ2) is 8.41. The standard InChI is InChI=1S/C17H16Cl2N6O3/c1-11-15(25(27)28)10-23(21-11)7-6-16(26)20-17-14(19)9-24(22-17)8-12-4-2-3-5-13(12)18/h2-5,9-10H,6-8H2,1H3,(H,20,22,26). The molecule has 0 unspecified atom stereocenters. The summed E-state index contributed by atoms with van der Waals surface area (Å²) in [6, 6.07) is 7.37. The van der Waals surface area contributed by atoms with E-state index in [-0.39, 0.29) is 30.4 Å². The fourth-order valence-electron chi connectivity index (χ4n) is 2.58. The van der Waals surface area contributed by atoms with E-state index in [2.05, 4.69) is 15.5 Å². The molecule has 0 saturated carbocycles. The number of aryl methyl sites for hydroxylation is 2. The van der Waals surface area contributed by atoms with Gasteiger partial charge < -0.3 is 5.32 Å². The van der Waals surface area contributed by atoms with Crippen LogP contribution in [0.1, 0.15) is 17.7 Å². The van der Waals surface area contributed by atoms with Gasteiger partial charge >= 0.3 is 5.69 Å². The second-order valence-electron chi connectivity index (χ2n) is 6.03. The Morgan fingerprint density at radius 2 is 1.93 bits per heavy atom. The summed E-state index contributed by atoms with van der Waals surface area (Å²) in [4.78, 5) is 22.5. The van der Waals surface area contributed by atoms with Crippen LogP contribution in [0.3, 0.4) is 0 Å². The van der Waals surface area contributed by atoms with Crippen LogP contribution >= 0.6 is 23.2 Å². The topological polar surface area (TPSA) is 108 Å². The Labute approximate surface area is 170 Å². The zero-order valence-electron chi connectivity index (χ0n) is 14.8. The van der Waals surface area contributed by atoms with Gasteiger partial charge in [-0.3, -0.25) is 24.3 Å². The Kier molecular flexibility index (Phi) is 5.96. The largest absolute Gasteiger partial charge is 0.309 e. The van der Waals surface area contributed by atoms with Gasteiger partial charge in [0, 0.05) is 24.2 Å². The fraction of sp³-hybridized carbons (Fsp3) is 0.235. The molecule has 0 bridgehead atoms. The third-order valence-electron chi connectivity index (χ3n) is 3.95. The summed E-state index contributed by atoms with van der Waals surface area (Å²) in [7, 11) is 0. The van der Waals surface area contributed by atoms with Gasteiger partial charge in [0.2, 0.25) is 5.91 Å². The minimum absolute atomic E-state index is 0.0615. The number of rotatable bonds is 7. The number of nitro groups is 1. The number of anilines is 1. The molecule has 11 heteroatoms. The second-order valence-corrected chi connectivity index (χ2v) is 6.85. The first-order chi connectivity index (χ1) is 13.3. The molecule has 2 heterocycles. The van der Waals surface area contributed by atoms with Crippen LogP contribution in [0.25, 0.3) is 0 Å². The van der Waals surface area contributed by atoms with Crippen molar-refractivity contribution >= 4 is 40.6 Å². The van der Waals surface area contributed by atoms with Crippen LogP contribution in [-0.4, -0.2) is 30.4 Å². The molecule has 0 spiro atoms. The molecule has 146 valence electrons. The lowest BCUT2D eigenvalue weighted by molar-refractivity contribution is -0.385. The molecule has 0 aliphatic heterocycles. The predicted octanol–water partition coefficient (Wildman–Crippen LogP) is 3.68. The molecule has 0 atom stereocenters. The van der Waals surface area contributed by atoms with Gasteiger partial charge in [0.15, 0.2) is 5.82 Å². The molecule has 9 nitrogen and oxygen atoms in total. The van der Waals surface area contributed by atoms with E-state index in [1.165, 1.54) is 10.9 Å². The van der Waals surface area contributed by atoms with Crippen molar-refractivity contribution < 1.29 is 9.72 Å². The zero-order chi connectivity index (χ0) is 20.3. The minimum atomic E-state index is -0.510. The summed E-state index contributed by atoms with van der Waals surface area (Å²) >= 11 is 12.3. The quantitative estimate of drug-likeness (QED) is 0.461. The molecule has 0 aliphatic rings. The van der Waals surface area contributed by atoms with E-state index >= 15 is 0 Å². The number of nitrogens with zero attached hydrogens (tertiary/aromatic N) is 5. The predicted molar refractivity (Wildman–Crippen MR) is 105 cm³/mol. The van der Waals surface area contributed by atoms with E-state index in [4.69, 9.17) is 23.2 Å². The highest BCUT2D eigenvalue weighted by molar-refractivity contribution is 6.33. The van der Waals surface area contributed by atoms with Gasteiger partial charge in [-0.2, -0.15) is 10.2 Å². The summed E-state index contributed by atoms with van der Waals surface area (Å²) in [5.41, 5.74) is 1.09. The summed E-state index contributed by atoms with van der Waals surface area (Å²) < 4.78 is 2.95. The first-order valence-electron chi connectivity index (χ1n) is 8.28. The molecular formula is C17H16Cl2N6O3. The molecule has 2 aromatic heterocycles. The minimum Gasteiger partial charge on any atom is -0.308 e. The molecule has 1 amide bonds. The Hall–Kier alpha value is -2.91. The number of hydrogen-bond acceptors (Lipinski definition) is 5. The molecule has 0 saturated heterocycles. The highest BCUT2D eigenvalue weighted by atomic mass is 35.5. The number of carbonyl (C=O) groups is 1. The highest BCUT2D eigenvalue weighted by Crippen LogP contribution is 2.22. The number of benzene rings is 1. The van der Waals surface area contributed by atoms with Crippen molar-refractivity contribution in [3.63, 3.8) is 0 Å². The van der Waals surface area contributed by atoms with Crippen molar-refractivity contribution in [2.45, 2.75) is 26.4 Å². The Bertz CT molecular complexity index is 1030. The maximum Gasteiger partial charge on any atom is 0.309 e. The molecular weight excluding hydrogens is 407 g/mol. The van der Waals surface area contributed by atoms with Gasteiger partial charge in [-0.15, -0.1) is 0 Å². The van der Waals surface area contributed by atoms with Gasteiger partial charge in [0.05, 0.1) is 11.5 Å². The highest BCUT2D eigenvalue weighted by Gasteiger charge is 2.16. The van der Waals surface area contributed by atoms with Gasteiger partial charge in [-0.1, -0.05) is 41.4 Å². The maximum absolute atomic E-state index is 12.2. The van der Waals surface area contributed by atoms with Crippen LogP contribution in [0.5, 0.6) is 0 Å². The van der Waals surface area contributed by atoms with E-state index in [0.717, 1.165) is 5.56 Å². The van der Waals surface area contributed by atoms with E-state index < -0.39 is 4.92 Å². The molecule has 0 fully saturated rings. The van der Waals surface area contributed by atoms with Crippen LogP contribution < -0.4 is 5.32 Å². The van der Waals surface area contributed by atoms with Crippen molar-refractivity contribution in [2.24, 2.45) is 0 Å². The third-order valence-corrected chi connectivity index (χ3v) is 4.60. The maximum atomic E-state index is 12.2. The number of hydrogen-bond donors (Lipinski definition) is 1. The van der Waals surface area contributed by atoms with Crippen LogP contribution in [-0.2, 0) is 17.9 Å². The monoisotopic (exact) mass is 422 g/mol. The van der Waals surface area contributed by atoms with Crippen LogP contribution in [0.15, 0.2) is 36.7 Å². The van der Waals surface area contributed by atoms with E-state index in [9.17, 15) is 14.9 Å². The summed E-state index contributed by atoms with van der Waals surface area (Å²) in [6.07, 6.45) is 2.96. The van der Waals surface area contributed by atoms with Crippen LogP contribution in [0.4, 0.5) is 11.5 Å². The van der Waals surface area contributed by atoms with Gasteiger partial charge in [-0.05, 0) is 18.6 Å². The Balaban J connectivity index is 1.60. The lowest BCUT2D eigenvalue weighted by Crippen LogP contribution is -2.15. The van der Waals surface area contributed by atoms with Gasteiger partial charge in [0.1, 0.15) is 16.9 Å². The first-order valence-corrected chi connectivity index (χ1v) is 9.03. The zero-order valence-corrected chi connectivity index (χ0v) is 16.3. The SMILES string of the molecule is Cc1nn(CCC(=O)Nc2nn(Cc3ccccc3Cl)cc2Cl)cc1[N+](=O)[O-]. The summed E-state index contributed by atoms with van der Waals surface area (Å²) in [5.74, 6) is -0.0953. The average molecular weight is 423 g/mol. The van der Waals surface area contributed by atoms with Crippen molar-refractivity contribution in [3.8, 4) is 0 Å². The third kappa shape index (κ3) is 4.68. The van der Waals surface area contributed by atoms with Crippen molar-refractivity contribution in [2.75, 3.05) is 5.32 Å². The molecule has 0 aliphatic carbocycles. The van der Waals surface area contributed by atoms with E-state index in [1.54, 1.807) is 23.9 Å². The molecule has 1 aromatic carbocycles. The number of aromatic nitrogens is 4. The summed E-state index contributed by atoms with van der Waals surface area (Å²) in [6.45, 7) is 2.14.